The van der Waals surface area contributed by atoms with Crippen molar-refractivity contribution in [1.82, 2.24) is 0 Å². The van der Waals surface area contributed by atoms with Crippen LogP contribution < -0.4 is 0 Å². The molecule has 0 aromatic heterocycles. The molecular weight excluding hydrogens is 176 g/mol. The molecule has 0 aliphatic heterocycles. The summed E-state index contributed by atoms with van der Waals surface area (Å²) in [5, 5.41) is 19.5. The van der Waals surface area contributed by atoms with Crippen LogP contribution in [-0.4, -0.2) is 22.4 Å². The lowest BCUT2D eigenvalue weighted by Crippen LogP contribution is -2.50. The van der Waals surface area contributed by atoms with E-state index in [0.29, 0.717) is 11.8 Å². The number of allylic oxidation sites excluding steroid dienone is 1. The Balaban J connectivity index is 1.94. The third-order valence-electron chi connectivity index (χ3n) is 4.69. The zero-order valence-corrected chi connectivity index (χ0v) is 8.39. The molecule has 2 nitrogen and oxygen atoms in total. The molecule has 0 aromatic carbocycles. The fraction of sp³-hybridized carbons (Fsp3) is 0.833. The molecule has 0 heterocycles. The molecule has 14 heavy (non-hydrogen) atoms. The number of hydrogen-bond donors (Lipinski definition) is 2. The summed E-state index contributed by atoms with van der Waals surface area (Å²) in [6.45, 7) is 0. The Hall–Kier alpha value is -0.340. The molecule has 4 unspecified atom stereocenters. The third kappa shape index (κ3) is 1.10. The zero-order valence-electron chi connectivity index (χ0n) is 8.39. The minimum Gasteiger partial charge on any atom is -0.393 e. The first-order chi connectivity index (χ1) is 6.70. The lowest BCUT2D eigenvalue weighted by molar-refractivity contribution is -0.0819. The number of aliphatic hydroxyl groups is 2. The maximum atomic E-state index is 9.90. The minimum absolute atomic E-state index is 0.0834. The highest BCUT2D eigenvalue weighted by Gasteiger charge is 2.51. The predicted octanol–water partition coefficient (Wildman–Crippen LogP) is 1.47. The van der Waals surface area contributed by atoms with Crippen LogP contribution in [0.3, 0.4) is 0 Å². The van der Waals surface area contributed by atoms with E-state index in [2.05, 4.69) is 6.08 Å². The number of aliphatic hydroxyl groups excluding tert-OH is 2. The molecule has 3 saturated carbocycles. The Morgan fingerprint density at radius 1 is 1.21 bits per heavy atom. The molecule has 0 aromatic rings. The Bertz CT molecular complexity index is 273. The lowest BCUT2D eigenvalue weighted by Gasteiger charge is -2.55. The van der Waals surface area contributed by atoms with E-state index in [-0.39, 0.29) is 17.6 Å². The van der Waals surface area contributed by atoms with Crippen molar-refractivity contribution in [3.05, 3.63) is 12.2 Å². The van der Waals surface area contributed by atoms with Crippen LogP contribution in [0.15, 0.2) is 12.2 Å². The SMILES string of the molecule is OC1CC23C=C[C@@H](O)CC2CC1CC3. The summed E-state index contributed by atoms with van der Waals surface area (Å²) in [4.78, 5) is 0. The van der Waals surface area contributed by atoms with Crippen LogP contribution in [0.25, 0.3) is 0 Å². The Morgan fingerprint density at radius 2 is 2.07 bits per heavy atom. The highest BCUT2D eigenvalue weighted by Crippen LogP contribution is 2.57. The van der Waals surface area contributed by atoms with Gasteiger partial charge in [-0.25, -0.2) is 0 Å². The first-order valence-corrected chi connectivity index (χ1v) is 5.75. The highest BCUT2D eigenvalue weighted by molar-refractivity contribution is 5.16. The zero-order chi connectivity index (χ0) is 9.76. The van der Waals surface area contributed by atoms with Crippen molar-refractivity contribution in [2.24, 2.45) is 17.3 Å². The molecule has 0 radical (unpaired) electrons. The van der Waals surface area contributed by atoms with Crippen LogP contribution in [0.1, 0.15) is 32.1 Å². The van der Waals surface area contributed by atoms with E-state index in [1.54, 1.807) is 0 Å². The van der Waals surface area contributed by atoms with E-state index in [0.717, 1.165) is 19.3 Å². The number of rotatable bonds is 0. The van der Waals surface area contributed by atoms with E-state index in [4.69, 9.17) is 0 Å². The van der Waals surface area contributed by atoms with Gasteiger partial charge in [0.1, 0.15) is 0 Å². The smallest absolute Gasteiger partial charge is 0.0724 e. The van der Waals surface area contributed by atoms with Crippen LogP contribution >= 0.6 is 0 Å². The van der Waals surface area contributed by atoms with Crippen molar-refractivity contribution in [2.75, 3.05) is 0 Å². The van der Waals surface area contributed by atoms with Crippen LogP contribution in [0, 0.1) is 17.3 Å². The molecule has 4 rings (SSSR count). The number of hydrogen-bond acceptors (Lipinski definition) is 2. The quantitative estimate of drug-likeness (QED) is 0.573. The summed E-state index contributed by atoms with van der Waals surface area (Å²) in [6.07, 6.45) is 9.20. The molecule has 0 saturated heterocycles. The maximum absolute atomic E-state index is 9.90. The Morgan fingerprint density at radius 3 is 2.86 bits per heavy atom. The molecule has 5 atom stereocenters. The molecule has 4 aliphatic rings. The van der Waals surface area contributed by atoms with Gasteiger partial charge in [0.2, 0.25) is 0 Å². The maximum Gasteiger partial charge on any atom is 0.0724 e. The van der Waals surface area contributed by atoms with Gasteiger partial charge in [-0.3, -0.25) is 0 Å². The van der Waals surface area contributed by atoms with E-state index in [1.165, 1.54) is 12.8 Å². The summed E-state index contributed by atoms with van der Waals surface area (Å²) in [5.41, 5.74) is 0.243. The molecule has 2 heteroatoms. The van der Waals surface area contributed by atoms with Crippen molar-refractivity contribution in [1.29, 1.82) is 0 Å². The van der Waals surface area contributed by atoms with Crippen molar-refractivity contribution < 1.29 is 10.2 Å². The van der Waals surface area contributed by atoms with Gasteiger partial charge in [-0.2, -0.15) is 0 Å². The first kappa shape index (κ1) is 8.93. The van der Waals surface area contributed by atoms with Crippen molar-refractivity contribution in [3.63, 3.8) is 0 Å². The van der Waals surface area contributed by atoms with Gasteiger partial charge in [0, 0.05) is 0 Å². The Kier molecular flexibility index (Phi) is 1.80. The van der Waals surface area contributed by atoms with Gasteiger partial charge in [0.25, 0.3) is 0 Å². The van der Waals surface area contributed by atoms with E-state index in [1.807, 2.05) is 6.08 Å². The van der Waals surface area contributed by atoms with E-state index >= 15 is 0 Å². The van der Waals surface area contributed by atoms with Gasteiger partial charge in [-0.1, -0.05) is 12.2 Å². The summed E-state index contributed by atoms with van der Waals surface area (Å²) in [5.74, 6) is 1.14. The summed E-state index contributed by atoms with van der Waals surface area (Å²) in [6, 6.07) is 0. The Labute approximate surface area is 84.6 Å². The van der Waals surface area contributed by atoms with Crippen LogP contribution in [0.2, 0.25) is 0 Å². The molecule has 1 spiro atoms. The van der Waals surface area contributed by atoms with Gasteiger partial charge in [0.15, 0.2) is 0 Å². The molecule has 2 N–H and O–H groups in total. The predicted molar refractivity (Wildman–Crippen MR) is 53.7 cm³/mol. The molecule has 2 bridgehead atoms. The molecular formula is C12H18O2. The monoisotopic (exact) mass is 194 g/mol. The van der Waals surface area contributed by atoms with Gasteiger partial charge in [-0.15, -0.1) is 0 Å². The second-order valence-corrected chi connectivity index (χ2v) is 5.40. The third-order valence-corrected chi connectivity index (χ3v) is 4.69. The summed E-state index contributed by atoms with van der Waals surface area (Å²) in [7, 11) is 0. The average molecular weight is 194 g/mol. The summed E-state index contributed by atoms with van der Waals surface area (Å²) < 4.78 is 0. The topological polar surface area (TPSA) is 40.5 Å². The second kappa shape index (κ2) is 2.83. The number of fused-ring (bicyclic) bond motifs is 2. The molecule has 78 valence electrons. The largest absolute Gasteiger partial charge is 0.393 e. The average Bonchev–Trinajstić information content (AvgIpc) is 2.17. The standard InChI is InChI=1S/C12H18O2/c13-10-2-4-12-3-1-8(11(14)7-12)5-9(12)6-10/h2,4,8-11,13-14H,1,3,5-7H2/t8?,9?,10-,11?,12?/m1/s1. The molecule has 3 fully saturated rings. The van der Waals surface area contributed by atoms with E-state index in [9.17, 15) is 10.2 Å². The summed E-state index contributed by atoms with van der Waals surface area (Å²) >= 11 is 0. The van der Waals surface area contributed by atoms with Crippen LogP contribution in [-0.2, 0) is 0 Å². The fourth-order valence-electron chi connectivity index (χ4n) is 3.84. The lowest BCUT2D eigenvalue weighted by atomic mass is 9.51. The van der Waals surface area contributed by atoms with Gasteiger partial charge >= 0.3 is 0 Å². The second-order valence-electron chi connectivity index (χ2n) is 5.40. The van der Waals surface area contributed by atoms with Crippen LogP contribution in [0.5, 0.6) is 0 Å². The van der Waals surface area contributed by atoms with E-state index < -0.39 is 0 Å². The highest BCUT2D eigenvalue weighted by atomic mass is 16.3. The van der Waals surface area contributed by atoms with Gasteiger partial charge in [0.05, 0.1) is 12.2 Å². The van der Waals surface area contributed by atoms with Crippen molar-refractivity contribution in [3.8, 4) is 0 Å². The van der Waals surface area contributed by atoms with Gasteiger partial charge in [-0.05, 0) is 49.4 Å². The fourth-order valence-corrected chi connectivity index (χ4v) is 3.84. The molecule has 0 amide bonds. The van der Waals surface area contributed by atoms with Crippen molar-refractivity contribution >= 4 is 0 Å². The first-order valence-electron chi connectivity index (χ1n) is 5.75. The van der Waals surface area contributed by atoms with Crippen LogP contribution in [0.4, 0.5) is 0 Å². The molecule has 4 aliphatic carbocycles. The van der Waals surface area contributed by atoms with Gasteiger partial charge < -0.3 is 10.2 Å². The normalized spacial score (nSPS) is 55.9. The van der Waals surface area contributed by atoms with Crippen molar-refractivity contribution in [2.45, 2.75) is 44.3 Å². The minimum atomic E-state index is -0.234.